The molecule has 1 aliphatic carbocycles. The topological polar surface area (TPSA) is 47.9 Å². The van der Waals surface area contributed by atoms with Gasteiger partial charge in [0.25, 0.3) is 0 Å². The molecule has 0 bridgehead atoms. The van der Waals surface area contributed by atoms with E-state index < -0.39 is 5.60 Å². The molecule has 0 atom stereocenters. The van der Waals surface area contributed by atoms with Crippen molar-refractivity contribution in [1.29, 1.82) is 0 Å². The van der Waals surface area contributed by atoms with Gasteiger partial charge >= 0.3 is 0 Å². The van der Waals surface area contributed by atoms with Gasteiger partial charge in [0.15, 0.2) is 11.5 Å². The fourth-order valence-corrected chi connectivity index (χ4v) is 1.94. The highest BCUT2D eigenvalue weighted by Gasteiger charge is 2.40. The number of hydrogen-bond donors (Lipinski definition) is 1. The Morgan fingerprint density at radius 1 is 1.06 bits per heavy atom. The molecule has 1 aliphatic rings. The first-order chi connectivity index (χ1) is 8.11. The molecular weight excluding hydrogens is 220 g/mol. The van der Waals surface area contributed by atoms with Crippen LogP contribution in [-0.2, 0) is 6.42 Å². The van der Waals surface area contributed by atoms with Gasteiger partial charge in [-0.2, -0.15) is 0 Å². The Hall–Kier alpha value is -1.42. The minimum absolute atomic E-state index is 0.523. The SMILES string of the molecule is COc1cc(CC2(O)CC2)cc(OC)c1OC. The minimum atomic E-state index is -0.523. The third kappa shape index (κ3) is 2.47. The fourth-order valence-electron chi connectivity index (χ4n) is 1.94. The van der Waals surface area contributed by atoms with Crippen LogP contribution in [0.1, 0.15) is 18.4 Å². The quantitative estimate of drug-likeness (QED) is 0.849. The van der Waals surface area contributed by atoms with E-state index >= 15 is 0 Å². The summed E-state index contributed by atoms with van der Waals surface area (Å²) in [6.07, 6.45) is 2.36. The number of benzene rings is 1. The summed E-state index contributed by atoms with van der Waals surface area (Å²) in [5, 5.41) is 9.92. The molecule has 0 saturated heterocycles. The summed E-state index contributed by atoms with van der Waals surface area (Å²) < 4.78 is 15.8. The molecule has 0 aromatic heterocycles. The van der Waals surface area contributed by atoms with Crippen LogP contribution in [0.2, 0.25) is 0 Å². The Bertz CT molecular complexity index is 385. The molecule has 0 amide bonds. The highest BCUT2D eigenvalue weighted by molar-refractivity contribution is 5.54. The molecule has 0 spiro atoms. The third-order valence-electron chi connectivity index (χ3n) is 3.08. The summed E-state index contributed by atoms with van der Waals surface area (Å²) in [7, 11) is 4.76. The van der Waals surface area contributed by atoms with Crippen molar-refractivity contribution < 1.29 is 19.3 Å². The lowest BCUT2D eigenvalue weighted by atomic mass is 10.1. The molecule has 1 fully saturated rings. The van der Waals surface area contributed by atoms with Gasteiger partial charge < -0.3 is 19.3 Å². The monoisotopic (exact) mass is 238 g/mol. The van der Waals surface area contributed by atoms with Crippen molar-refractivity contribution in [2.24, 2.45) is 0 Å². The fraction of sp³-hybridized carbons (Fsp3) is 0.538. The molecule has 1 N–H and O–H groups in total. The van der Waals surface area contributed by atoms with Gasteiger partial charge in [-0.05, 0) is 30.5 Å². The van der Waals surface area contributed by atoms with Crippen LogP contribution in [0, 0.1) is 0 Å². The van der Waals surface area contributed by atoms with Gasteiger partial charge in [0.1, 0.15) is 0 Å². The van der Waals surface area contributed by atoms with Crippen LogP contribution < -0.4 is 14.2 Å². The zero-order valence-corrected chi connectivity index (χ0v) is 10.4. The second-order valence-electron chi connectivity index (χ2n) is 4.43. The average molecular weight is 238 g/mol. The zero-order valence-electron chi connectivity index (χ0n) is 10.4. The van der Waals surface area contributed by atoms with Gasteiger partial charge in [0.05, 0.1) is 26.9 Å². The largest absolute Gasteiger partial charge is 0.493 e. The van der Waals surface area contributed by atoms with E-state index in [2.05, 4.69) is 0 Å². The van der Waals surface area contributed by atoms with E-state index in [1.807, 2.05) is 12.1 Å². The molecule has 4 nitrogen and oxygen atoms in total. The number of aliphatic hydroxyl groups is 1. The smallest absolute Gasteiger partial charge is 0.203 e. The van der Waals surface area contributed by atoms with E-state index in [1.54, 1.807) is 21.3 Å². The lowest BCUT2D eigenvalue weighted by molar-refractivity contribution is 0.150. The Morgan fingerprint density at radius 2 is 1.59 bits per heavy atom. The van der Waals surface area contributed by atoms with Crippen LogP contribution in [0.4, 0.5) is 0 Å². The van der Waals surface area contributed by atoms with Crippen molar-refractivity contribution >= 4 is 0 Å². The molecule has 1 aromatic rings. The highest BCUT2D eigenvalue weighted by atomic mass is 16.5. The van der Waals surface area contributed by atoms with Gasteiger partial charge in [0, 0.05) is 6.42 Å². The number of hydrogen-bond acceptors (Lipinski definition) is 4. The first-order valence-electron chi connectivity index (χ1n) is 5.63. The Kier molecular flexibility index (Phi) is 3.15. The van der Waals surface area contributed by atoms with Crippen LogP contribution in [0.25, 0.3) is 0 Å². The maximum absolute atomic E-state index is 9.92. The number of ether oxygens (including phenoxy) is 3. The molecule has 4 heteroatoms. The standard InChI is InChI=1S/C13H18O4/c1-15-10-6-9(8-13(14)4-5-13)7-11(16-2)12(10)17-3/h6-7,14H,4-5,8H2,1-3H3. The summed E-state index contributed by atoms with van der Waals surface area (Å²) in [6.45, 7) is 0. The van der Waals surface area contributed by atoms with Gasteiger partial charge in [-0.25, -0.2) is 0 Å². The lowest BCUT2D eigenvalue weighted by Gasteiger charge is -2.15. The highest BCUT2D eigenvalue weighted by Crippen LogP contribution is 2.43. The summed E-state index contributed by atoms with van der Waals surface area (Å²) in [6, 6.07) is 3.77. The van der Waals surface area contributed by atoms with Crippen LogP contribution >= 0.6 is 0 Å². The Morgan fingerprint density at radius 3 is 1.94 bits per heavy atom. The molecule has 0 aliphatic heterocycles. The summed E-state index contributed by atoms with van der Waals surface area (Å²) in [4.78, 5) is 0. The summed E-state index contributed by atoms with van der Waals surface area (Å²) >= 11 is 0. The van der Waals surface area contributed by atoms with E-state index in [9.17, 15) is 5.11 Å². The molecule has 0 unspecified atom stereocenters. The maximum atomic E-state index is 9.92. The maximum Gasteiger partial charge on any atom is 0.203 e. The number of methoxy groups -OCH3 is 3. The van der Waals surface area contributed by atoms with E-state index in [0.717, 1.165) is 18.4 Å². The third-order valence-corrected chi connectivity index (χ3v) is 3.08. The van der Waals surface area contributed by atoms with Crippen LogP contribution in [0.3, 0.4) is 0 Å². The van der Waals surface area contributed by atoms with E-state index in [4.69, 9.17) is 14.2 Å². The first-order valence-corrected chi connectivity index (χ1v) is 5.63. The molecular formula is C13H18O4. The van der Waals surface area contributed by atoms with Crippen LogP contribution in [0.5, 0.6) is 17.2 Å². The van der Waals surface area contributed by atoms with Crippen molar-refractivity contribution in [3.8, 4) is 17.2 Å². The second kappa shape index (κ2) is 4.45. The molecule has 94 valence electrons. The van der Waals surface area contributed by atoms with Gasteiger partial charge in [-0.15, -0.1) is 0 Å². The van der Waals surface area contributed by atoms with Crippen LogP contribution in [0.15, 0.2) is 12.1 Å². The van der Waals surface area contributed by atoms with E-state index in [1.165, 1.54) is 0 Å². The normalized spacial score (nSPS) is 16.5. The lowest BCUT2D eigenvalue weighted by Crippen LogP contribution is -2.11. The van der Waals surface area contributed by atoms with Gasteiger partial charge in [0.2, 0.25) is 5.75 Å². The predicted molar refractivity (Wildman–Crippen MR) is 64.0 cm³/mol. The molecule has 0 heterocycles. The predicted octanol–water partition coefficient (Wildman–Crippen LogP) is 1.78. The molecule has 1 aromatic carbocycles. The van der Waals surface area contributed by atoms with Gasteiger partial charge in [-0.3, -0.25) is 0 Å². The Balaban J connectivity index is 2.33. The van der Waals surface area contributed by atoms with Crippen molar-refractivity contribution in [3.05, 3.63) is 17.7 Å². The first kappa shape index (κ1) is 12.0. The molecule has 0 radical (unpaired) electrons. The van der Waals surface area contributed by atoms with Crippen LogP contribution in [-0.4, -0.2) is 32.0 Å². The van der Waals surface area contributed by atoms with Crippen molar-refractivity contribution in [2.75, 3.05) is 21.3 Å². The van der Waals surface area contributed by atoms with E-state index in [0.29, 0.717) is 23.7 Å². The molecule has 2 rings (SSSR count). The van der Waals surface area contributed by atoms with Gasteiger partial charge in [-0.1, -0.05) is 0 Å². The van der Waals surface area contributed by atoms with Crippen molar-refractivity contribution in [1.82, 2.24) is 0 Å². The van der Waals surface area contributed by atoms with Crippen molar-refractivity contribution in [3.63, 3.8) is 0 Å². The Labute approximate surface area is 101 Å². The average Bonchev–Trinajstić information content (AvgIpc) is 3.05. The summed E-state index contributed by atoms with van der Waals surface area (Å²) in [5.74, 6) is 1.85. The van der Waals surface area contributed by atoms with Crippen molar-refractivity contribution in [2.45, 2.75) is 24.9 Å². The molecule has 17 heavy (non-hydrogen) atoms. The van der Waals surface area contributed by atoms with E-state index in [-0.39, 0.29) is 0 Å². The molecule has 1 saturated carbocycles. The number of rotatable bonds is 5. The zero-order chi connectivity index (χ0) is 12.5. The second-order valence-corrected chi connectivity index (χ2v) is 4.43. The summed E-state index contributed by atoms with van der Waals surface area (Å²) in [5.41, 5.74) is 0.476. The minimum Gasteiger partial charge on any atom is -0.493 e.